The molecule has 1 rings (SSSR count). The van der Waals surface area contributed by atoms with Crippen molar-refractivity contribution in [3.8, 4) is 0 Å². The van der Waals surface area contributed by atoms with Gasteiger partial charge in [0.15, 0.2) is 0 Å². The fourth-order valence-corrected chi connectivity index (χ4v) is 0.719. The average Bonchev–Trinajstić information content (AvgIpc) is 2.24. The molecule has 0 aliphatic carbocycles. The molecular weight excluding hydrogens is 160 g/mol. The lowest BCUT2D eigenvalue weighted by Gasteiger charge is -1.92. The van der Waals surface area contributed by atoms with Crippen molar-refractivity contribution in [2.24, 2.45) is 0 Å². The molecule has 0 atom stereocenters. The van der Waals surface area contributed by atoms with E-state index in [0.717, 1.165) is 17.4 Å². The molecule has 0 fully saturated rings. The van der Waals surface area contributed by atoms with E-state index in [4.69, 9.17) is 0 Å². The van der Waals surface area contributed by atoms with Gasteiger partial charge in [0.1, 0.15) is 6.29 Å². The summed E-state index contributed by atoms with van der Waals surface area (Å²) in [7, 11) is 0. The van der Waals surface area contributed by atoms with Gasteiger partial charge in [0.2, 0.25) is 0 Å². The van der Waals surface area contributed by atoms with Crippen molar-refractivity contribution in [2.75, 3.05) is 0 Å². The smallest absolute Gasteiger partial charge is 0.150 e. The SMILES string of the molecule is CC.CC.Cc1ccccc1C=O. The van der Waals surface area contributed by atoms with Crippen molar-refractivity contribution in [1.82, 2.24) is 0 Å². The molecule has 74 valence electrons. The van der Waals surface area contributed by atoms with Gasteiger partial charge in [-0.05, 0) is 12.5 Å². The van der Waals surface area contributed by atoms with E-state index >= 15 is 0 Å². The Kier molecular flexibility index (Phi) is 12.1. The summed E-state index contributed by atoms with van der Waals surface area (Å²) in [5, 5.41) is 0. The fourth-order valence-electron chi connectivity index (χ4n) is 0.719. The molecule has 0 unspecified atom stereocenters. The summed E-state index contributed by atoms with van der Waals surface area (Å²) >= 11 is 0. The van der Waals surface area contributed by atoms with Gasteiger partial charge in [0, 0.05) is 5.56 Å². The normalized spacial score (nSPS) is 7.15. The van der Waals surface area contributed by atoms with Crippen molar-refractivity contribution in [1.29, 1.82) is 0 Å². The van der Waals surface area contributed by atoms with Crippen LogP contribution in [-0.2, 0) is 0 Å². The van der Waals surface area contributed by atoms with Crippen LogP contribution in [0, 0.1) is 6.92 Å². The van der Waals surface area contributed by atoms with Gasteiger partial charge in [-0.2, -0.15) is 0 Å². The predicted molar refractivity (Wildman–Crippen MR) is 59.3 cm³/mol. The molecule has 0 bridgehead atoms. The molecule has 1 aromatic rings. The fraction of sp³-hybridized carbons (Fsp3) is 0.417. The predicted octanol–water partition coefficient (Wildman–Crippen LogP) is 3.86. The van der Waals surface area contributed by atoms with E-state index in [2.05, 4.69) is 0 Å². The lowest BCUT2D eigenvalue weighted by atomic mass is 10.1. The van der Waals surface area contributed by atoms with Crippen LogP contribution >= 0.6 is 0 Å². The van der Waals surface area contributed by atoms with E-state index in [1.807, 2.05) is 58.9 Å². The minimum atomic E-state index is 0.775. The number of aldehydes is 1. The Morgan fingerprint density at radius 3 is 1.77 bits per heavy atom. The molecule has 1 aromatic carbocycles. The molecule has 1 heteroatoms. The zero-order chi connectivity index (χ0) is 10.7. The molecule has 0 aromatic heterocycles. The van der Waals surface area contributed by atoms with Gasteiger partial charge in [-0.1, -0.05) is 52.0 Å². The quantitative estimate of drug-likeness (QED) is 0.600. The van der Waals surface area contributed by atoms with Crippen molar-refractivity contribution in [3.63, 3.8) is 0 Å². The molecule has 13 heavy (non-hydrogen) atoms. The van der Waals surface area contributed by atoms with E-state index < -0.39 is 0 Å². The first-order valence-electron chi connectivity index (χ1n) is 4.85. The van der Waals surface area contributed by atoms with Crippen molar-refractivity contribution >= 4 is 6.29 Å². The van der Waals surface area contributed by atoms with Crippen LogP contribution in [0.4, 0.5) is 0 Å². The van der Waals surface area contributed by atoms with Gasteiger partial charge in [0.05, 0.1) is 0 Å². The Morgan fingerprint density at radius 1 is 1.00 bits per heavy atom. The van der Waals surface area contributed by atoms with E-state index in [9.17, 15) is 4.79 Å². The van der Waals surface area contributed by atoms with Gasteiger partial charge >= 0.3 is 0 Å². The van der Waals surface area contributed by atoms with Crippen LogP contribution in [0.1, 0.15) is 43.6 Å². The van der Waals surface area contributed by atoms with E-state index in [0.29, 0.717) is 0 Å². The lowest BCUT2D eigenvalue weighted by molar-refractivity contribution is 0.112. The highest BCUT2D eigenvalue weighted by Gasteiger charge is 1.90. The number of rotatable bonds is 1. The summed E-state index contributed by atoms with van der Waals surface area (Å²) in [5.74, 6) is 0. The Bertz CT molecular complexity index is 216. The van der Waals surface area contributed by atoms with Crippen molar-refractivity contribution in [2.45, 2.75) is 34.6 Å². The maximum absolute atomic E-state index is 10.2. The Morgan fingerprint density at radius 2 is 1.46 bits per heavy atom. The van der Waals surface area contributed by atoms with Gasteiger partial charge < -0.3 is 0 Å². The molecule has 0 N–H and O–H groups in total. The van der Waals surface area contributed by atoms with Crippen molar-refractivity contribution < 1.29 is 4.79 Å². The summed E-state index contributed by atoms with van der Waals surface area (Å²) in [6.45, 7) is 9.92. The standard InChI is InChI=1S/C8H8O.2C2H6/c1-7-4-2-3-5-8(7)6-9;2*1-2/h2-6H,1H3;2*1-2H3. The Balaban J connectivity index is 0. The second-order valence-corrected chi connectivity index (χ2v) is 1.97. The minimum absolute atomic E-state index is 0.775. The molecule has 0 aliphatic rings. The maximum atomic E-state index is 10.2. The number of aryl methyl sites for hydroxylation is 1. The molecule has 0 saturated carbocycles. The molecular formula is C12H20O. The van der Waals surface area contributed by atoms with Gasteiger partial charge in [0.25, 0.3) is 0 Å². The van der Waals surface area contributed by atoms with E-state index in [1.165, 1.54) is 0 Å². The highest BCUT2D eigenvalue weighted by molar-refractivity contribution is 5.76. The highest BCUT2D eigenvalue weighted by Crippen LogP contribution is 2.02. The van der Waals surface area contributed by atoms with Gasteiger partial charge in [-0.25, -0.2) is 0 Å². The van der Waals surface area contributed by atoms with Crippen LogP contribution in [0.15, 0.2) is 24.3 Å². The third-order valence-corrected chi connectivity index (χ3v) is 1.32. The number of hydrogen-bond acceptors (Lipinski definition) is 1. The molecule has 0 amide bonds. The van der Waals surface area contributed by atoms with Crippen LogP contribution in [0.25, 0.3) is 0 Å². The van der Waals surface area contributed by atoms with Crippen LogP contribution in [0.5, 0.6) is 0 Å². The summed E-state index contributed by atoms with van der Waals surface area (Å²) in [4.78, 5) is 10.2. The van der Waals surface area contributed by atoms with Gasteiger partial charge in [-0.15, -0.1) is 0 Å². The number of benzene rings is 1. The second kappa shape index (κ2) is 10.9. The third-order valence-electron chi connectivity index (χ3n) is 1.32. The number of carbonyl (C=O) groups is 1. The molecule has 0 radical (unpaired) electrons. The van der Waals surface area contributed by atoms with Crippen LogP contribution in [0.3, 0.4) is 0 Å². The number of carbonyl (C=O) groups excluding carboxylic acids is 1. The van der Waals surface area contributed by atoms with E-state index in [-0.39, 0.29) is 0 Å². The lowest BCUT2D eigenvalue weighted by Crippen LogP contribution is -1.82. The van der Waals surface area contributed by atoms with Crippen LogP contribution in [-0.4, -0.2) is 6.29 Å². The minimum Gasteiger partial charge on any atom is -0.298 e. The molecule has 0 heterocycles. The highest BCUT2D eigenvalue weighted by atomic mass is 16.1. The first-order chi connectivity index (χ1) is 6.34. The summed E-state index contributed by atoms with van der Waals surface area (Å²) in [5.41, 5.74) is 1.81. The maximum Gasteiger partial charge on any atom is 0.150 e. The Hall–Kier alpha value is -1.11. The first kappa shape index (κ1) is 14.4. The molecule has 0 spiro atoms. The zero-order valence-corrected chi connectivity index (χ0v) is 9.29. The monoisotopic (exact) mass is 180 g/mol. The van der Waals surface area contributed by atoms with Gasteiger partial charge in [-0.3, -0.25) is 4.79 Å². The molecule has 1 nitrogen and oxygen atoms in total. The van der Waals surface area contributed by atoms with Crippen LogP contribution in [0.2, 0.25) is 0 Å². The number of hydrogen-bond donors (Lipinski definition) is 0. The third kappa shape index (κ3) is 6.09. The average molecular weight is 180 g/mol. The summed E-state index contributed by atoms with van der Waals surface area (Å²) in [6, 6.07) is 7.51. The zero-order valence-electron chi connectivity index (χ0n) is 9.29. The second-order valence-electron chi connectivity index (χ2n) is 1.97. The topological polar surface area (TPSA) is 17.1 Å². The van der Waals surface area contributed by atoms with Crippen LogP contribution < -0.4 is 0 Å². The Labute approximate surface area is 81.8 Å². The summed E-state index contributed by atoms with van der Waals surface area (Å²) in [6.07, 6.45) is 0.870. The largest absolute Gasteiger partial charge is 0.298 e. The molecule has 0 aliphatic heterocycles. The molecule has 0 saturated heterocycles. The summed E-state index contributed by atoms with van der Waals surface area (Å²) < 4.78 is 0. The first-order valence-corrected chi connectivity index (χ1v) is 4.85. The van der Waals surface area contributed by atoms with Crippen molar-refractivity contribution in [3.05, 3.63) is 35.4 Å². The van der Waals surface area contributed by atoms with E-state index in [1.54, 1.807) is 0 Å².